The Kier molecular flexibility index (Phi) is 10.8. The van der Waals surface area contributed by atoms with E-state index in [4.69, 9.17) is 4.74 Å². The fraction of sp³-hybridized carbons (Fsp3) is 0.520. The Morgan fingerprint density at radius 2 is 1.84 bits per heavy atom. The average molecular weight is 443 g/mol. The molecular formula is C25H38N4O3. The number of ether oxygens (including phenoxy) is 1. The number of hydrogen-bond donors (Lipinski definition) is 1. The lowest BCUT2D eigenvalue weighted by atomic mass is 10.2. The second-order valence-electron chi connectivity index (χ2n) is 8.05. The highest BCUT2D eigenvalue weighted by Gasteiger charge is 2.22. The molecule has 1 N–H and O–H groups in total. The van der Waals surface area contributed by atoms with E-state index in [1.807, 2.05) is 73.0 Å². The van der Waals surface area contributed by atoms with Crippen molar-refractivity contribution >= 4 is 17.6 Å². The first kappa shape index (κ1) is 25.5. The van der Waals surface area contributed by atoms with E-state index in [-0.39, 0.29) is 18.5 Å². The largest absolute Gasteiger partial charge is 0.382 e. The van der Waals surface area contributed by atoms with Gasteiger partial charge in [0.1, 0.15) is 6.54 Å². The van der Waals surface area contributed by atoms with E-state index in [0.29, 0.717) is 39.3 Å². The van der Waals surface area contributed by atoms with E-state index >= 15 is 0 Å². The molecule has 32 heavy (non-hydrogen) atoms. The van der Waals surface area contributed by atoms with E-state index in [9.17, 15) is 9.59 Å². The number of unbranched alkanes of at least 4 members (excludes halogenated alkanes) is 1. The van der Waals surface area contributed by atoms with Gasteiger partial charge < -0.3 is 24.4 Å². The standard InChI is InChI=1S/C25H38N4O3/c1-5-7-15-28(19-23-13-9-14-27(23)4)24(30)20-29(16-10-17-32-6-2)25(31)26-22-12-8-11-21(3)18-22/h8-9,11-14,18H,5-7,10,15-17,19-20H2,1-4H3,(H,26,31). The summed E-state index contributed by atoms with van der Waals surface area (Å²) in [4.78, 5) is 29.7. The zero-order chi connectivity index (χ0) is 23.3. The minimum Gasteiger partial charge on any atom is -0.382 e. The number of nitrogens with zero attached hydrogens (tertiary/aromatic N) is 3. The molecular weight excluding hydrogens is 404 g/mol. The smallest absolute Gasteiger partial charge is 0.322 e. The number of hydrogen-bond acceptors (Lipinski definition) is 3. The predicted octanol–water partition coefficient (Wildman–Crippen LogP) is 4.42. The fourth-order valence-corrected chi connectivity index (χ4v) is 3.44. The van der Waals surface area contributed by atoms with Crippen LogP contribution in [0.15, 0.2) is 42.6 Å². The summed E-state index contributed by atoms with van der Waals surface area (Å²) in [6.45, 7) is 8.93. The van der Waals surface area contributed by atoms with Crippen LogP contribution in [0.2, 0.25) is 0 Å². The molecule has 1 aromatic carbocycles. The van der Waals surface area contributed by atoms with Crippen molar-refractivity contribution in [2.75, 3.05) is 38.2 Å². The highest BCUT2D eigenvalue weighted by Crippen LogP contribution is 2.12. The number of carbonyl (C=O) groups excluding carboxylic acids is 2. The summed E-state index contributed by atoms with van der Waals surface area (Å²) in [5, 5.41) is 2.94. The monoisotopic (exact) mass is 442 g/mol. The SMILES string of the molecule is CCCCN(Cc1cccn1C)C(=O)CN(CCCOCC)C(=O)Nc1cccc(C)c1. The highest BCUT2D eigenvalue weighted by molar-refractivity contribution is 5.92. The van der Waals surface area contributed by atoms with Crippen LogP contribution < -0.4 is 5.32 Å². The topological polar surface area (TPSA) is 66.8 Å². The minimum absolute atomic E-state index is 0.0396. The second-order valence-corrected chi connectivity index (χ2v) is 8.05. The molecule has 0 atom stereocenters. The zero-order valence-electron chi connectivity index (χ0n) is 20.0. The number of aryl methyl sites for hydroxylation is 2. The maximum Gasteiger partial charge on any atom is 0.322 e. The minimum atomic E-state index is -0.269. The van der Waals surface area contributed by atoms with Crippen molar-refractivity contribution in [3.63, 3.8) is 0 Å². The van der Waals surface area contributed by atoms with Gasteiger partial charge in [0.2, 0.25) is 5.91 Å². The molecule has 7 nitrogen and oxygen atoms in total. The van der Waals surface area contributed by atoms with Crippen molar-refractivity contribution in [1.29, 1.82) is 0 Å². The highest BCUT2D eigenvalue weighted by atomic mass is 16.5. The quantitative estimate of drug-likeness (QED) is 0.467. The molecule has 0 bridgehead atoms. The first-order valence-electron chi connectivity index (χ1n) is 11.5. The summed E-state index contributed by atoms with van der Waals surface area (Å²) in [7, 11) is 1.98. The molecule has 1 aromatic heterocycles. The van der Waals surface area contributed by atoms with Crippen LogP contribution in [0.1, 0.15) is 44.4 Å². The van der Waals surface area contributed by atoms with Gasteiger partial charge in [-0.2, -0.15) is 0 Å². The van der Waals surface area contributed by atoms with Gasteiger partial charge in [-0.05, 0) is 56.5 Å². The predicted molar refractivity (Wildman–Crippen MR) is 129 cm³/mol. The number of carbonyl (C=O) groups is 2. The van der Waals surface area contributed by atoms with Gasteiger partial charge in [-0.3, -0.25) is 4.79 Å². The molecule has 0 aliphatic carbocycles. The van der Waals surface area contributed by atoms with Gasteiger partial charge in [0, 0.05) is 50.9 Å². The number of amides is 3. The number of rotatable bonds is 13. The summed E-state index contributed by atoms with van der Waals surface area (Å²) < 4.78 is 7.45. The van der Waals surface area contributed by atoms with Crippen molar-refractivity contribution in [2.24, 2.45) is 7.05 Å². The molecule has 0 saturated carbocycles. The molecule has 0 spiro atoms. The van der Waals surface area contributed by atoms with Crippen LogP contribution in [0.4, 0.5) is 10.5 Å². The number of anilines is 1. The third kappa shape index (κ3) is 8.38. The number of aromatic nitrogens is 1. The molecule has 2 aromatic rings. The average Bonchev–Trinajstić information content (AvgIpc) is 3.17. The van der Waals surface area contributed by atoms with Crippen LogP contribution in [-0.4, -0.2) is 59.2 Å². The third-order valence-electron chi connectivity index (χ3n) is 5.34. The van der Waals surface area contributed by atoms with Crippen LogP contribution >= 0.6 is 0 Å². The lowest BCUT2D eigenvalue weighted by molar-refractivity contribution is -0.132. The van der Waals surface area contributed by atoms with Gasteiger partial charge in [-0.1, -0.05) is 25.5 Å². The lowest BCUT2D eigenvalue weighted by Gasteiger charge is -2.28. The van der Waals surface area contributed by atoms with Crippen molar-refractivity contribution in [2.45, 2.75) is 46.6 Å². The van der Waals surface area contributed by atoms with Gasteiger partial charge in [0.25, 0.3) is 0 Å². The summed E-state index contributed by atoms with van der Waals surface area (Å²) in [5.41, 5.74) is 2.86. The second kappa shape index (κ2) is 13.6. The maximum absolute atomic E-state index is 13.3. The number of nitrogens with one attached hydrogen (secondary N) is 1. The fourth-order valence-electron chi connectivity index (χ4n) is 3.44. The Labute approximate surface area is 192 Å². The van der Waals surface area contributed by atoms with Gasteiger partial charge in [0.05, 0.1) is 6.54 Å². The first-order chi connectivity index (χ1) is 15.4. The summed E-state index contributed by atoms with van der Waals surface area (Å²) in [6, 6.07) is 11.4. The molecule has 0 saturated heterocycles. The van der Waals surface area contributed by atoms with Crippen LogP contribution in [0, 0.1) is 6.92 Å². The number of urea groups is 1. The van der Waals surface area contributed by atoms with Crippen molar-refractivity contribution in [3.05, 3.63) is 53.9 Å². The molecule has 0 aliphatic heterocycles. The summed E-state index contributed by atoms with van der Waals surface area (Å²) in [5.74, 6) is -0.0459. The van der Waals surface area contributed by atoms with Crippen LogP contribution in [0.5, 0.6) is 0 Å². The summed E-state index contributed by atoms with van der Waals surface area (Å²) in [6.07, 6.45) is 4.58. The van der Waals surface area contributed by atoms with Crippen molar-refractivity contribution in [1.82, 2.24) is 14.4 Å². The Morgan fingerprint density at radius 1 is 1.06 bits per heavy atom. The first-order valence-corrected chi connectivity index (χ1v) is 11.5. The molecule has 2 rings (SSSR count). The maximum atomic E-state index is 13.3. The van der Waals surface area contributed by atoms with Crippen molar-refractivity contribution < 1.29 is 14.3 Å². The molecule has 0 aliphatic rings. The zero-order valence-corrected chi connectivity index (χ0v) is 20.0. The molecule has 7 heteroatoms. The van der Waals surface area contributed by atoms with Crippen LogP contribution in [0.25, 0.3) is 0 Å². The Morgan fingerprint density at radius 3 is 2.50 bits per heavy atom. The Hall–Kier alpha value is -2.80. The Bertz CT molecular complexity index is 849. The van der Waals surface area contributed by atoms with Gasteiger partial charge in [0.15, 0.2) is 0 Å². The van der Waals surface area contributed by atoms with Crippen LogP contribution in [0.3, 0.4) is 0 Å². The molecule has 0 unspecified atom stereocenters. The molecule has 176 valence electrons. The third-order valence-corrected chi connectivity index (χ3v) is 5.34. The molecule has 0 radical (unpaired) electrons. The molecule has 3 amide bonds. The van der Waals surface area contributed by atoms with Crippen molar-refractivity contribution in [3.8, 4) is 0 Å². The van der Waals surface area contributed by atoms with Gasteiger partial charge >= 0.3 is 6.03 Å². The number of benzene rings is 1. The van der Waals surface area contributed by atoms with E-state index in [1.54, 1.807) is 4.90 Å². The van der Waals surface area contributed by atoms with Gasteiger partial charge in [-0.15, -0.1) is 0 Å². The van der Waals surface area contributed by atoms with E-state index < -0.39 is 0 Å². The van der Waals surface area contributed by atoms with Crippen LogP contribution in [-0.2, 0) is 23.1 Å². The summed E-state index contributed by atoms with van der Waals surface area (Å²) >= 11 is 0. The molecule has 0 fully saturated rings. The molecule has 1 heterocycles. The Balaban J connectivity index is 2.10. The van der Waals surface area contributed by atoms with E-state index in [1.165, 1.54) is 0 Å². The van der Waals surface area contributed by atoms with Gasteiger partial charge in [-0.25, -0.2) is 4.79 Å². The lowest BCUT2D eigenvalue weighted by Crippen LogP contribution is -2.45. The van der Waals surface area contributed by atoms with E-state index in [0.717, 1.165) is 29.8 Å². The normalized spacial score (nSPS) is 10.8. The van der Waals surface area contributed by atoms with E-state index in [2.05, 4.69) is 12.2 Å².